The van der Waals surface area contributed by atoms with Crippen LogP contribution >= 0.6 is 0 Å². The summed E-state index contributed by atoms with van der Waals surface area (Å²) in [6, 6.07) is 16.5. The number of esters is 1. The monoisotopic (exact) mass is 363 g/mol. The fourth-order valence-electron chi connectivity index (χ4n) is 2.91. The summed E-state index contributed by atoms with van der Waals surface area (Å²) in [7, 11) is 1.35. The summed E-state index contributed by atoms with van der Waals surface area (Å²) < 4.78 is 4.79. The van der Waals surface area contributed by atoms with Gasteiger partial charge in [-0.05, 0) is 42.7 Å². The molecule has 1 heterocycles. The van der Waals surface area contributed by atoms with Crippen molar-refractivity contribution in [3.8, 4) is 22.5 Å². The summed E-state index contributed by atoms with van der Waals surface area (Å²) in [5.41, 5.74) is 11.0. The Kier molecular flexibility index (Phi) is 5.78. The number of anilines is 1. The van der Waals surface area contributed by atoms with E-state index in [0.717, 1.165) is 16.7 Å². The number of aliphatic hydroxyl groups is 1. The number of carbonyl (C=O) groups excluding carboxylic acids is 1. The van der Waals surface area contributed by atoms with Gasteiger partial charge in [-0.3, -0.25) is 0 Å². The van der Waals surface area contributed by atoms with Gasteiger partial charge in [-0.2, -0.15) is 0 Å². The number of aliphatic hydroxyl groups excluding tert-OH is 1. The second kappa shape index (κ2) is 8.42. The molecule has 0 radical (unpaired) electrons. The number of aromatic nitrogens is 2. The number of benzene rings is 2. The van der Waals surface area contributed by atoms with Crippen LogP contribution in [0.15, 0.2) is 54.6 Å². The number of ether oxygens (including phenoxy) is 1. The van der Waals surface area contributed by atoms with Crippen LogP contribution in [0.4, 0.5) is 5.69 Å². The molecule has 6 heteroatoms. The van der Waals surface area contributed by atoms with Crippen molar-refractivity contribution in [2.45, 2.75) is 12.8 Å². The Balaban J connectivity index is 2.07. The molecule has 3 aromatic rings. The van der Waals surface area contributed by atoms with Gasteiger partial charge in [0.15, 0.2) is 0 Å². The molecule has 3 N–H and O–H groups in total. The predicted octanol–water partition coefficient (Wildman–Crippen LogP) is 3.10. The van der Waals surface area contributed by atoms with Crippen LogP contribution in [0.3, 0.4) is 0 Å². The summed E-state index contributed by atoms with van der Waals surface area (Å²) in [6.07, 6.45) is 1.22. The fourth-order valence-corrected chi connectivity index (χ4v) is 2.91. The number of aryl methyl sites for hydroxylation is 1. The number of nitrogens with two attached hydrogens (primary N) is 1. The molecule has 0 saturated carbocycles. The average Bonchev–Trinajstić information content (AvgIpc) is 2.72. The fraction of sp³-hybridized carbons (Fsp3) is 0.190. The molecule has 2 aromatic carbocycles. The van der Waals surface area contributed by atoms with Crippen LogP contribution in [0.2, 0.25) is 0 Å². The maximum atomic E-state index is 11.8. The van der Waals surface area contributed by atoms with E-state index in [2.05, 4.69) is 10.2 Å². The average molecular weight is 363 g/mol. The number of hydrogen-bond donors (Lipinski definition) is 2. The number of carbonyl (C=O) groups is 1. The third kappa shape index (κ3) is 4.12. The summed E-state index contributed by atoms with van der Waals surface area (Å²) >= 11 is 0. The molecular formula is C21H21N3O3. The minimum atomic E-state index is -0.407. The van der Waals surface area contributed by atoms with Gasteiger partial charge in [0, 0.05) is 23.4 Å². The van der Waals surface area contributed by atoms with Gasteiger partial charge in [0.05, 0.1) is 24.1 Å². The smallest absolute Gasteiger partial charge is 0.337 e. The van der Waals surface area contributed by atoms with Crippen LogP contribution in [0.25, 0.3) is 22.5 Å². The van der Waals surface area contributed by atoms with Gasteiger partial charge < -0.3 is 15.6 Å². The van der Waals surface area contributed by atoms with Crippen molar-refractivity contribution >= 4 is 11.7 Å². The van der Waals surface area contributed by atoms with Crippen LogP contribution in [0.5, 0.6) is 0 Å². The molecule has 138 valence electrons. The van der Waals surface area contributed by atoms with Crippen molar-refractivity contribution in [3.63, 3.8) is 0 Å². The van der Waals surface area contributed by atoms with E-state index in [4.69, 9.17) is 10.5 Å². The highest BCUT2D eigenvalue weighted by Gasteiger charge is 2.14. The molecule has 0 aliphatic carbocycles. The van der Waals surface area contributed by atoms with E-state index in [0.29, 0.717) is 35.5 Å². The van der Waals surface area contributed by atoms with Crippen LogP contribution in [0.1, 0.15) is 22.3 Å². The maximum absolute atomic E-state index is 11.8. The first kappa shape index (κ1) is 18.5. The number of hydrogen-bond acceptors (Lipinski definition) is 6. The number of methoxy groups -OCH3 is 1. The van der Waals surface area contributed by atoms with Crippen LogP contribution in [-0.2, 0) is 11.2 Å². The van der Waals surface area contributed by atoms with E-state index in [1.807, 2.05) is 36.4 Å². The molecule has 1 aromatic heterocycles. The van der Waals surface area contributed by atoms with E-state index in [9.17, 15) is 9.90 Å². The number of nitrogens with zero attached hydrogens (tertiary/aromatic N) is 2. The minimum Gasteiger partial charge on any atom is -0.465 e. The Morgan fingerprint density at radius 2 is 1.93 bits per heavy atom. The van der Waals surface area contributed by atoms with Crippen LogP contribution in [0, 0.1) is 0 Å². The third-order valence-corrected chi connectivity index (χ3v) is 4.27. The highest BCUT2D eigenvalue weighted by molar-refractivity contribution is 5.91. The van der Waals surface area contributed by atoms with Gasteiger partial charge in [-0.15, -0.1) is 10.2 Å². The van der Waals surface area contributed by atoms with Crippen LogP contribution in [-0.4, -0.2) is 35.0 Å². The quantitative estimate of drug-likeness (QED) is 0.516. The Labute approximate surface area is 157 Å². The van der Waals surface area contributed by atoms with E-state index >= 15 is 0 Å². The zero-order valence-corrected chi connectivity index (χ0v) is 15.1. The lowest BCUT2D eigenvalue weighted by Crippen LogP contribution is -2.03. The summed E-state index contributed by atoms with van der Waals surface area (Å²) in [6.45, 7) is 0.0762. The van der Waals surface area contributed by atoms with Crippen molar-refractivity contribution in [2.75, 3.05) is 19.5 Å². The van der Waals surface area contributed by atoms with E-state index < -0.39 is 5.97 Å². The molecule has 0 amide bonds. The van der Waals surface area contributed by atoms with Crippen LogP contribution < -0.4 is 5.73 Å². The Morgan fingerprint density at radius 1 is 1.11 bits per heavy atom. The molecule has 0 fully saturated rings. The third-order valence-electron chi connectivity index (χ3n) is 4.27. The lowest BCUT2D eigenvalue weighted by atomic mass is 9.99. The molecule has 0 aliphatic rings. The van der Waals surface area contributed by atoms with Crippen molar-refractivity contribution in [1.29, 1.82) is 0 Å². The molecular weight excluding hydrogens is 342 g/mol. The van der Waals surface area contributed by atoms with E-state index in [1.165, 1.54) is 7.11 Å². The highest BCUT2D eigenvalue weighted by atomic mass is 16.5. The van der Waals surface area contributed by atoms with E-state index in [1.54, 1.807) is 18.2 Å². The molecule has 6 nitrogen and oxygen atoms in total. The topological polar surface area (TPSA) is 98.3 Å². The normalized spacial score (nSPS) is 10.6. The molecule has 0 aliphatic heterocycles. The SMILES string of the molecule is COC(=O)c1cccc(-c2nnc(-c3ccccc3N)cc2CCCO)c1. The second-order valence-corrected chi connectivity index (χ2v) is 6.09. The first-order valence-electron chi connectivity index (χ1n) is 8.65. The highest BCUT2D eigenvalue weighted by Crippen LogP contribution is 2.29. The Bertz CT molecular complexity index is 957. The van der Waals surface area contributed by atoms with Gasteiger partial charge in [-0.1, -0.05) is 30.3 Å². The van der Waals surface area contributed by atoms with Crippen molar-refractivity contribution in [1.82, 2.24) is 10.2 Å². The summed E-state index contributed by atoms with van der Waals surface area (Å²) in [5, 5.41) is 18.0. The summed E-state index contributed by atoms with van der Waals surface area (Å²) in [5.74, 6) is -0.407. The Hall–Kier alpha value is -3.25. The standard InChI is InChI=1S/C21H21N3O3/c1-27-21(26)16-7-4-6-14(12-16)20-15(8-5-11-25)13-19(23-24-20)17-9-2-3-10-18(17)22/h2-4,6-7,9-10,12-13,25H,5,8,11,22H2,1H3. The first-order chi connectivity index (χ1) is 13.1. The number of nitrogen functional groups attached to an aromatic ring is 1. The Morgan fingerprint density at radius 3 is 2.67 bits per heavy atom. The molecule has 27 heavy (non-hydrogen) atoms. The van der Waals surface area contributed by atoms with Crippen molar-refractivity contribution < 1.29 is 14.6 Å². The minimum absolute atomic E-state index is 0.0762. The lowest BCUT2D eigenvalue weighted by Gasteiger charge is -2.12. The van der Waals surface area contributed by atoms with Gasteiger partial charge in [-0.25, -0.2) is 4.79 Å². The van der Waals surface area contributed by atoms with Crippen molar-refractivity contribution in [3.05, 3.63) is 65.7 Å². The molecule has 0 saturated heterocycles. The molecule has 0 spiro atoms. The zero-order chi connectivity index (χ0) is 19.2. The van der Waals surface area contributed by atoms with Gasteiger partial charge in [0.1, 0.15) is 0 Å². The second-order valence-electron chi connectivity index (χ2n) is 6.09. The van der Waals surface area contributed by atoms with E-state index in [-0.39, 0.29) is 6.61 Å². The zero-order valence-electron chi connectivity index (χ0n) is 15.1. The van der Waals surface area contributed by atoms with Gasteiger partial charge >= 0.3 is 5.97 Å². The number of rotatable bonds is 6. The molecule has 0 unspecified atom stereocenters. The van der Waals surface area contributed by atoms with Gasteiger partial charge in [0.2, 0.25) is 0 Å². The summed E-state index contributed by atoms with van der Waals surface area (Å²) in [4.78, 5) is 11.8. The molecule has 0 bridgehead atoms. The first-order valence-corrected chi connectivity index (χ1v) is 8.65. The predicted molar refractivity (Wildman–Crippen MR) is 104 cm³/mol. The maximum Gasteiger partial charge on any atom is 0.337 e. The van der Waals surface area contributed by atoms with Crippen molar-refractivity contribution in [2.24, 2.45) is 0 Å². The molecule has 3 rings (SSSR count). The number of para-hydroxylation sites is 1. The molecule has 0 atom stereocenters. The van der Waals surface area contributed by atoms with Gasteiger partial charge in [0.25, 0.3) is 0 Å². The lowest BCUT2D eigenvalue weighted by molar-refractivity contribution is 0.0601. The largest absolute Gasteiger partial charge is 0.465 e.